The van der Waals surface area contributed by atoms with Crippen LogP contribution in [0.1, 0.15) is 17.2 Å². The molecule has 0 N–H and O–H groups in total. The molecule has 0 fully saturated rings. The molecule has 3 rings (SSSR count). The summed E-state index contributed by atoms with van der Waals surface area (Å²) < 4.78 is 38.7. The second kappa shape index (κ2) is 8.86. The van der Waals surface area contributed by atoms with Crippen LogP contribution in [0.5, 0.6) is 0 Å². The van der Waals surface area contributed by atoms with Gasteiger partial charge in [0.2, 0.25) is 0 Å². The van der Waals surface area contributed by atoms with E-state index in [1.165, 1.54) is 24.3 Å². The topological polar surface area (TPSA) is 37.4 Å². The van der Waals surface area contributed by atoms with E-state index in [4.69, 9.17) is 11.6 Å². The minimum absolute atomic E-state index is 0.0321. The molecule has 0 aliphatic rings. The monoisotopic (exact) mass is 417 g/mol. The summed E-state index contributed by atoms with van der Waals surface area (Å²) in [6, 6.07) is 22.1. The molecule has 146 valence electrons. The van der Waals surface area contributed by atoms with Crippen molar-refractivity contribution in [1.82, 2.24) is 4.90 Å². The first-order valence-corrected chi connectivity index (χ1v) is 10.9. The maximum absolute atomic E-state index is 13.4. The summed E-state index contributed by atoms with van der Waals surface area (Å²) in [7, 11) is -1.56. The molecule has 6 heteroatoms. The molecule has 0 heterocycles. The second-order valence-electron chi connectivity index (χ2n) is 6.62. The van der Waals surface area contributed by atoms with E-state index in [9.17, 15) is 12.8 Å². The first-order chi connectivity index (χ1) is 13.4. The highest BCUT2D eigenvalue weighted by Gasteiger charge is 2.22. The van der Waals surface area contributed by atoms with Crippen LogP contribution >= 0.6 is 11.6 Å². The Hall–Kier alpha value is -2.21. The molecule has 0 radical (unpaired) electrons. The lowest BCUT2D eigenvalue weighted by atomic mass is 9.97. The standard InChI is InChI=1S/C22H21ClFNO2S/c1-25(15-16-28(26,27)21-13-9-19(23)10-14-21)22(17-5-3-2-4-6-17)18-7-11-20(24)12-8-18/h2-14,22H,15-16H2,1H3/t22-/m1/s1. The number of nitrogens with zero attached hydrogens (tertiary/aromatic N) is 1. The summed E-state index contributed by atoms with van der Waals surface area (Å²) in [5.41, 5.74) is 1.92. The zero-order valence-electron chi connectivity index (χ0n) is 15.4. The largest absolute Gasteiger partial charge is 0.294 e. The van der Waals surface area contributed by atoms with Gasteiger partial charge < -0.3 is 0 Å². The van der Waals surface area contributed by atoms with Crippen molar-refractivity contribution >= 4 is 21.4 Å². The van der Waals surface area contributed by atoms with Crippen molar-refractivity contribution in [2.75, 3.05) is 19.3 Å². The van der Waals surface area contributed by atoms with Gasteiger partial charge in [0.1, 0.15) is 5.82 Å². The third-order valence-corrected chi connectivity index (χ3v) is 6.59. The van der Waals surface area contributed by atoms with Crippen LogP contribution in [0, 0.1) is 5.82 Å². The van der Waals surface area contributed by atoms with Gasteiger partial charge in [0.25, 0.3) is 0 Å². The Labute approximate surface area is 170 Å². The fraction of sp³-hybridized carbons (Fsp3) is 0.182. The van der Waals surface area contributed by atoms with Gasteiger partial charge in [-0.25, -0.2) is 12.8 Å². The highest BCUT2D eigenvalue weighted by Crippen LogP contribution is 2.28. The third kappa shape index (κ3) is 4.98. The molecule has 0 aromatic heterocycles. The molecule has 0 amide bonds. The molecule has 0 saturated heterocycles. The molecule has 3 nitrogen and oxygen atoms in total. The van der Waals surface area contributed by atoms with Crippen LogP contribution in [0.15, 0.2) is 83.8 Å². The number of benzene rings is 3. The summed E-state index contributed by atoms with van der Waals surface area (Å²) in [4.78, 5) is 2.22. The smallest absolute Gasteiger partial charge is 0.179 e. The van der Waals surface area contributed by atoms with Crippen LogP contribution in [0.25, 0.3) is 0 Å². The van der Waals surface area contributed by atoms with E-state index in [2.05, 4.69) is 0 Å². The van der Waals surface area contributed by atoms with E-state index < -0.39 is 9.84 Å². The maximum atomic E-state index is 13.4. The molecule has 0 aliphatic heterocycles. The average Bonchev–Trinajstić information content (AvgIpc) is 2.69. The number of hydrogen-bond donors (Lipinski definition) is 0. The Morgan fingerprint density at radius 1 is 0.893 bits per heavy atom. The lowest BCUT2D eigenvalue weighted by molar-refractivity contribution is 0.295. The van der Waals surface area contributed by atoms with E-state index in [1.54, 1.807) is 24.3 Å². The summed E-state index contributed by atoms with van der Waals surface area (Å²) in [6.07, 6.45) is 0. The fourth-order valence-electron chi connectivity index (χ4n) is 3.13. The van der Waals surface area contributed by atoms with Crippen molar-refractivity contribution < 1.29 is 12.8 Å². The Bertz CT molecular complexity index is 1010. The zero-order chi connectivity index (χ0) is 20.1. The van der Waals surface area contributed by atoms with Crippen LogP contribution < -0.4 is 0 Å². The van der Waals surface area contributed by atoms with E-state index in [-0.39, 0.29) is 22.5 Å². The molecule has 28 heavy (non-hydrogen) atoms. The van der Waals surface area contributed by atoms with Crippen molar-refractivity contribution in [3.05, 3.63) is 101 Å². The second-order valence-corrected chi connectivity index (χ2v) is 9.16. The Morgan fingerprint density at radius 2 is 1.46 bits per heavy atom. The lowest BCUT2D eigenvalue weighted by Crippen LogP contribution is -2.30. The average molecular weight is 418 g/mol. The fourth-order valence-corrected chi connectivity index (χ4v) is 4.58. The summed E-state index contributed by atoms with van der Waals surface area (Å²) in [5.74, 6) is -0.334. The minimum Gasteiger partial charge on any atom is -0.294 e. The van der Waals surface area contributed by atoms with Gasteiger partial charge in [-0.05, 0) is 54.6 Å². The van der Waals surface area contributed by atoms with Crippen LogP contribution in [0.4, 0.5) is 4.39 Å². The van der Waals surface area contributed by atoms with E-state index in [0.717, 1.165) is 11.1 Å². The Morgan fingerprint density at radius 3 is 2.07 bits per heavy atom. The van der Waals surface area contributed by atoms with E-state index in [0.29, 0.717) is 11.6 Å². The van der Waals surface area contributed by atoms with Gasteiger partial charge in [0.05, 0.1) is 16.7 Å². The first-order valence-electron chi connectivity index (χ1n) is 8.86. The highest BCUT2D eigenvalue weighted by molar-refractivity contribution is 7.91. The summed E-state index contributed by atoms with van der Waals surface area (Å²) >= 11 is 5.85. The Balaban J connectivity index is 1.82. The molecular formula is C22H21ClFNO2S. The van der Waals surface area contributed by atoms with E-state index in [1.807, 2.05) is 42.3 Å². The normalized spacial score (nSPS) is 12.9. The lowest BCUT2D eigenvalue weighted by Gasteiger charge is -2.29. The van der Waals surface area contributed by atoms with Crippen LogP contribution in [0.2, 0.25) is 5.02 Å². The number of halogens is 2. The molecule has 1 atom stereocenters. The van der Waals surface area contributed by atoms with Crippen molar-refractivity contribution in [3.8, 4) is 0 Å². The SMILES string of the molecule is CN(CCS(=O)(=O)c1ccc(Cl)cc1)[C@H](c1ccccc1)c1ccc(F)cc1. The predicted molar refractivity (Wildman–Crippen MR) is 111 cm³/mol. The van der Waals surface area contributed by atoms with Crippen molar-refractivity contribution in [2.45, 2.75) is 10.9 Å². The molecule has 3 aromatic rings. The van der Waals surface area contributed by atoms with E-state index >= 15 is 0 Å². The van der Waals surface area contributed by atoms with Gasteiger partial charge in [-0.1, -0.05) is 54.1 Å². The summed E-state index contributed by atoms with van der Waals surface area (Å²) in [6.45, 7) is 0.321. The molecular weight excluding hydrogens is 397 g/mol. The molecule has 0 aliphatic carbocycles. The van der Waals surface area contributed by atoms with Crippen LogP contribution in [-0.4, -0.2) is 32.7 Å². The molecule has 0 unspecified atom stereocenters. The van der Waals surface area contributed by atoms with Gasteiger partial charge in [0, 0.05) is 11.6 Å². The highest BCUT2D eigenvalue weighted by atomic mass is 35.5. The number of hydrogen-bond acceptors (Lipinski definition) is 3. The molecule has 3 aromatic carbocycles. The Kier molecular flexibility index (Phi) is 6.50. The van der Waals surface area contributed by atoms with Crippen LogP contribution in [0.3, 0.4) is 0 Å². The quantitative estimate of drug-likeness (QED) is 0.544. The van der Waals surface area contributed by atoms with Gasteiger partial charge in [-0.2, -0.15) is 0 Å². The van der Waals surface area contributed by atoms with Crippen LogP contribution in [-0.2, 0) is 9.84 Å². The molecule has 0 bridgehead atoms. The molecule has 0 spiro atoms. The zero-order valence-corrected chi connectivity index (χ0v) is 17.0. The summed E-state index contributed by atoms with van der Waals surface area (Å²) in [5, 5.41) is 0.497. The molecule has 0 saturated carbocycles. The number of rotatable bonds is 7. The third-order valence-electron chi connectivity index (χ3n) is 4.63. The number of sulfone groups is 1. The van der Waals surface area contributed by atoms with Gasteiger partial charge in [-0.15, -0.1) is 0 Å². The first kappa shape index (κ1) is 20.5. The maximum Gasteiger partial charge on any atom is 0.179 e. The van der Waals surface area contributed by atoms with Crippen molar-refractivity contribution in [1.29, 1.82) is 0 Å². The van der Waals surface area contributed by atoms with Gasteiger partial charge in [0.15, 0.2) is 9.84 Å². The minimum atomic E-state index is -3.44. The predicted octanol–water partition coefficient (Wildman–Crippen LogP) is 4.97. The van der Waals surface area contributed by atoms with Crippen molar-refractivity contribution in [3.63, 3.8) is 0 Å². The van der Waals surface area contributed by atoms with Crippen molar-refractivity contribution in [2.24, 2.45) is 0 Å². The van der Waals surface area contributed by atoms with Gasteiger partial charge >= 0.3 is 0 Å². The van der Waals surface area contributed by atoms with Gasteiger partial charge in [-0.3, -0.25) is 4.90 Å².